The van der Waals surface area contributed by atoms with E-state index in [4.69, 9.17) is 14.2 Å². The number of ether oxygens (including phenoxy) is 3. The number of carbonyl (C=O) groups is 2. The normalized spacial score (nSPS) is 13.5. The van der Waals surface area contributed by atoms with Crippen LogP contribution in [-0.4, -0.2) is 38.4 Å². The summed E-state index contributed by atoms with van der Waals surface area (Å²) >= 11 is 0. The van der Waals surface area contributed by atoms with Gasteiger partial charge in [0.15, 0.2) is 12.6 Å². The maximum absolute atomic E-state index is 10.6. The van der Waals surface area contributed by atoms with Crippen LogP contribution >= 0.6 is 0 Å². The van der Waals surface area contributed by atoms with Gasteiger partial charge in [-0.15, -0.1) is 0 Å². The summed E-state index contributed by atoms with van der Waals surface area (Å²) in [6, 6.07) is 0. The fourth-order valence-corrected chi connectivity index (χ4v) is 3.67. The summed E-state index contributed by atoms with van der Waals surface area (Å²) in [6.45, 7) is 5.74. The van der Waals surface area contributed by atoms with E-state index in [1.54, 1.807) is 0 Å². The molecule has 204 valence electrons. The maximum Gasteiger partial charge on any atom is 0.180 e. The number of unbranched alkanes of at least 4 members (excludes halogenated alkanes) is 14. The quantitative estimate of drug-likeness (QED) is 0.0474. The van der Waals surface area contributed by atoms with E-state index in [1.807, 2.05) is 24.3 Å². The number of carbonyl (C=O) groups excluding carboxylic acids is 2. The highest BCUT2D eigenvalue weighted by Crippen LogP contribution is 2.13. The van der Waals surface area contributed by atoms with Gasteiger partial charge in [0, 0.05) is 12.8 Å². The number of hydrogen-bond donors (Lipinski definition) is 0. The van der Waals surface area contributed by atoms with E-state index in [-0.39, 0.29) is 0 Å². The van der Waals surface area contributed by atoms with E-state index in [1.165, 1.54) is 64.2 Å². The van der Waals surface area contributed by atoms with Gasteiger partial charge in [0.2, 0.25) is 0 Å². The van der Waals surface area contributed by atoms with Crippen LogP contribution in [0, 0.1) is 0 Å². The second-order valence-corrected chi connectivity index (χ2v) is 9.20. The smallest absolute Gasteiger partial charge is 0.180 e. The van der Waals surface area contributed by atoms with E-state index in [0.717, 1.165) is 38.3 Å². The molecule has 2 atom stereocenters. The molecule has 0 bridgehead atoms. The van der Waals surface area contributed by atoms with Gasteiger partial charge in [-0.1, -0.05) is 103 Å². The Hall–Kier alpha value is -1.30. The van der Waals surface area contributed by atoms with Crippen molar-refractivity contribution in [3.8, 4) is 0 Å². The molecule has 0 spiro atoms. The summed E-state index contributed by atoms with van der Waals surface area (Å²) in [5.41, 5.74) is 0. The average molecular weight is 495 g/mol. The standard InChI is InChI=1S/C30H54O5/c1-3-5-7-9-11-13-21-27-33-29(23-17-15-19-25-31)35-30(24-18-16-20-26-32)34-28-22-14-12-10-8-6-4-2/h17-18,23-26,29-30H,3-16,19-22,27-28H2,1-2H3. The lowest BCUT2D eigenvalue weighted by Gasteiger charge is -2.21. The monoisotopic (exact) mass is 494 g/mol. The lowest BCUT2D eigenvalue weighted by Crippen LogP contribution is -2.25. The molecule has 5 nitrogen and oxygen atoms in total. The van der Waals surface area contributed by atoms with Gasteiger partial charge < -0.3 is 23.8 Å². The van der Waals surface area contributed by atoms with Crippen LogP contribution in [0.4, 0.5) is 0 Å². The van der Waals surface area contributed by atoms with Crippen molar-refractivity contribution in [1.82, 2.24) is 0 Å². The van der Waals surface area contributed by atoms with Gasteiger partial charge in [0.05, 0.1) is 13.2 Å². The third-order valence-corrected chi connectivity index (χ3v) is 5.82. The predicted octanol–water partition coefficient (Wildman–Crippen LogP) is 8.26. The Labute approximate surface area is 216 Å². The first-order chi connectivity index (χ1) is 17.3. The Morgan fingerprint density at radius 3 is 1.26 bits per heavy atom. The molecule has 0 saturated heterocycles. The van der Waals surface area contributed by atoms with Crippen LogP contribution in [-0.2, 0) is 23.8 Å². The van der Waals surface area contributed by atoms with Crippen LogP contribution < -0.4 is 0 Å². The number of aldehydes is 2. The zero-order chi connectivity index (χ0) is 25.7. The van der Waals surface area contributed by atoms with Gasteiger partial charge in [-0.05, 0) is 37.8 Å². The fraction of sp³-hybridized carbons (Fsp3) is 0.800. The van der Waals surface area contributed by atoms with Gasteiger partial charge >= 0.3 is 0 Å². The molecule has 0 aliphatic carbocycles. The molecular weight excluding hydrogens is 440 g/mol. The van der Waals surface area contributed by atoms with Crippen LogP contribution in [0.15, 0.2) is 24.3 Å². The largest absolute Gasteiger partial charge is 0.349 e. The Balaban J connectivity index is 4.61. The van der Waals surface area contributed by atoms with Crippen LogP contribution in [0.25, 0.3) is 0 Å². The zero-order valence-electron chi connectivity index (χ0n) is 22.8. The average Bonchev–Trinajstić information content (AvgIpc) is 2.87. The van der Waals surface area contributed by atoms with Crippen LogP contribution in [0.1, 0.15) is 129 Å². The first-order valence-corrected chi connectivity index (χ1v) is 14.4. The third-order valence-electron chi connectivity index (χ3n) is 5.82. The van der Waals surface area contributed by atoms with Crippen LogP contribution in [0.2, 0.25) is 0 Å². The number of hydrogen-bond acceptors (Lipinski definition) is 5. The summed E-state index contributed by atoms with van der Waals surface area (Å²) in [5, 5.41) is 0. The highest BCUT2D eigenvalue weighted by Gasteiger charge is 2.13. The molecule has 0 aromatic heterocycles. The van der Waals surface area contributed by atoms with Gasteiger partial charge in [-0.2, -0.15) is 0 Å². The Kier molecular flexibility index (Phi) is 27.9. The minimum Gasteiger partial charge on any atom is -0.349 e. The molecule has 0 aromatic carbocycles. The first-order valence-electron chi connectivity index (χ1n) is 14.4. The van der Waals surface area contributed by atoms with E-state index >= 15 is 0 Å². The maximum atomic E-state index is 10.6. The lowest BCUT2D eigenvalue weighted by molar-refractivity contribution is -0.208. The summed E-state index contributed by atoms with van der Waals surface area (Å²) in [4.78, 5) is 21.3. The molecule has 0 amide bonds. The third kappa shape index (κ3) is 25.6. The molecule has 5 heteroatoms. The molecule has 0 aromatic rings. The van der Waals surface area contributed by atoms with Crippen LogP contribution in [0.5, 0.6) is 0 Å². The SMILES string of the molecule is CCCCCCCCCOC(C=CCCC=O)OC(C=CCCC=O)OCCCCCCCCC. The van der Waals surface area contributed by atoms with E-state index in [2.05, 4.69) is 13.8 Å². The molecule has 0 N–H and O–H groups in total. The van der Waals surface area contributed by atoms with Crippen molar-refractivity contribution < 1.29 is 23.8 Å². The van der Waals surface area contributed by atoms with Crippen molar-refractivity contribution >= 4 is 12.6 Å². The Morgan fingerprint density at radius 2 is 0.886 bits per heavy atom. The first kappa shape index (κ1) is 33.7. The van der Waals surface area contributed by atoms with Crippen molar-refractivity contribution in [2.75, 3.05) is 13.2 Å². The minimum absolute atomic E-state index is 0.491. The highest BCUT2D eigenvalue weighted by atomic mass is 16.8. The summed E-state index contributed by atoms with van der Waals surface area (Å²) in [5.74, 6) is 0. The number of rotatable bonds is 28. The molecule has 0 heterocycles. The summed E-state index contributed by atoms with van der Waals surface area (Å²) in [6.07, 6.45) is 28.0. The Bertz CT molecular complexity index is 459. The van der Waals surface area contributed by atoms with Gasteiger partial charge in [0.25, 0.3) is 0 Å². The summed E-state index contributed by atoms with van der Waals surface area (Å²) in [7, 11) is 0. The van der Waals surface area contributed by atoms with Crippen molar-refractivity contribution in [2.24, 2.45) is 0 Å². The zero-order valence-corrected chi connectivity index (χ0v) is 22.8. The number of allylic oxidation sites excluding steroid dienone is 2. The molecule has 0 fully saturated rings. The van der Waals surface area contributed by atoms with Gasteiger partial charge in [-0.3, -0.25) is 0 Å². The molecular formula is C30H54O5. The molecule has 2 unspecified atom stereocenters. The molecule has 0 aliphatic heterocycles. The van der Waals surface area contributed by atoms with Crippen molar-refractivity contribution in [2.45, 2.75) is 142 Å². The van der Waals surface area contributed by atoms with E-state index in [9.17, 15) is 9.59 Å². The fourth-order valence-electron chi connectivity index (χ4n) is 3.67. The minimum atomic E-state index is -0.517. The Morgan fingerprint density at radius 1 is 0.514 bits per heavy atom. The van der Waals surface area contributed by atoms with E-state index in [0.29, 0.717) is 38.9 Å². The second-order valence-electron chi connectivity index (χ2n) is 9.20. The second kappa shape index (κ2) is 28.9. The van der Waals surface area contributed by atoms with Crippen LogP contribution in [0.3, 0.4) is 0 Å². The van der Waals surface area contributed by atoms with Crippen molar-refractivity contribution in [1.29, 1.82) is 0 Å². The van der Waals surface area contributed by atoms with Gasteiger partial charge in [-0.25, -0.2) is 0 Å². The highest BCUT2D eigenvalue weighted by molar-refractivity contribution is 5.49. The molecule has 35 heavy (non-hydrogen) atoms. The molecule has 0 aliphatic rings. The van der Waals surface area contributed by atoms with Crippen molar-refractivity contribution in [3.63, 3.8) is 0 Å². The molecule has 0 saturated carbocycles. The predicted molar refractivity (Wildman–Crippen MR) is 145 cm³/mol. The lowest BCUT2D eigenvalue weighted by atomic mass is 10.1. The molecule has 0 rings (SSSR count). The topological polar surface area (TPSA) is 61.8 Å². The van der Waals surface area contributed by atoms with Gasteiger partial charge in [0.1, 0.15) is 12.6 Å². The molecule has 0 radical (unpaired) electrons. The van der Waals surface area contributed by atoms with Crippen molar-refractivity contribution in [3.05, 3.63) is 24.3 Å². The summed E-state index contributed by atoms with van der Waals surface area (Å²) < 4.78 is 18.2. The van der Waals surface area contributed by atoms with E-state index < -0.39 is 12.6 Å².